The van der Waals surface area contributed by atoms with Gasteiger partial charge < -0.3 is 5.32 Å². The molecule has 1 aromatic heterocycles. The normalized spacial score (nSPS) is 12.7. The quantitative estimate of drug-likeness (QED) is 0.825. The third kappa shape index (κ3) is 3.71. The molecular formula is C16H22N2S. The predicted molar refractivity (Wildman–Crippen MR) is 85.8 cm³/mol. The van der Waals surface area contributed by atoms with Gasteiger partial charge in [-0.15, -0.1) is 0 Å². The summed E-state index contributed by atoms with van der Waals surface area (Å²) in [6.45, 7) is 5.49. The molecule has 1 atom stereocenters. The minimum absolute atomic E-state index is 0.415. The second-order valence-corrected chi connectivity index (χ2v) is 5.93. The van der Waals surface area contributed by atoms with E-state index in [0.717, 1.165) is 24.5 Å². The van der Waals surface area contributed by atoms with Crippen LogP contribution in [-0.4, -0.2) is 23.0 Å². The first kappa shape index (κ1) is 14.4. The van der Waals surface area contributed by atoms with Crippen molar-refractivity contribution in [2.75, 3.05) is 18.1 Å². The highest BCUT2D eigenvalue weighted by molar-refractivity contribution is 7.99. The van der Waals surface area contributed by atoms with Crippen LogP contribution in [0.5, 0.6) is 0 Å². The van der Waals surface area contributed by atoms with Crippen LogP contribution in [0.15, 0.2) is 36.7 Å². The fourth-order valence-corrected chi connectivity index (χ4v) is 3.02. The molecule has 1 N–H and O–H groups in total. The molecule has 0 aliphatic rings. The number of hydrogen-bond acceptors (Lipinski definition) is 3. The number of thioether (sulfide) groups is 1. The van der Waals surface area contributed by atoms with Crippen molar-refractivity contribution in [2.24, 2.45) is 0 Å². The molecule has 1 aromatic carbocycles. The van der Waals surface area contributed by atoms with Gasteiger partial charge in [-0.05, 0) is 35.7 Å². The van der Waals surface area contributed by atoms with E-state index < -0.39 is 0 Å². The van der Waals surface area contributed by atoms with Crippen LogP contribution in [0.25, 0.3) is 10.8 Å². The summed E-state index contributed by atoms with van der Waals surface area (Å²) in [7, 11) is 0. The number of aromatic nitrogens is 1. The molecule has 19 heavy (non-hydrogen) atoms. The lowest BCUT2D eigenvalue weighted by molar-refractivity contribution is 0.580. The van der Waals surface area contributed by atoms with E-state index in [0.29, 0.717) is 6.04 Å². The Balaban J connectivity index is 2.31. The minimum Gasteiger partial charge on any atom is -0.309 e. The Kier molecular flexibility index (Phi) is 5.67. The smallest absolute Gasteiger partial charge is 0.0418 e. The lowest BCUT2D eigenvalue weighted by atomic mass is 10.0. The van der Waals surface area contributed by atoms with E-state index in [1.165, 1.54) is 16.3 Å². The van der Waals surface area contributed by atoms with E-state index in [1.54, 1.807) is 0 Å². The molecular weight excluding hydrogens is 252 g/mol. The van der Waals surface area contributed by atoms with Crippen LogP contribution >= 0.6 is 11.8 Å². The number of hydrogen-bond donors (Lipinski definition) is 1. The van der Waals surface area contributed by atoms with Crippen LogP contribution in [0, 0.1) is 0 Å². The molecule has 3 heteroatoms. The lowest BCUT2D eigenvalue weighted by Crippen LogP contribution is -2.24. The van der Waals surface area contributed by atoms with Gasteiger partial charge in [-0.25, -0.2) is 0 Å². The Morgan fingerprint density at radius 2 is 2.16 bits per heavy atom. The summed E-state index contributed by atoms with van der Waals surface area (Å²) in [5.41, 5.74) is 1.38. The van der Waals surface area contributed by atoms with E-state index in [-0.39, 0.29) is 0 Å². The van der Waals surface area contributed by atoms with Gasteiger partial charge in [-0.3, -0.25) is 4.98 Å². The monoisotopic (exact) mass is 274 g/mol. The molecule has 2 aromatic rings. The molecule has 0 radical (unpaired) electrons. The Morgan fingerprint density at radius 3 is 2.95 bits per heavy atom. The molecule has 2 nitrogen and oxygen atoms in total. The van der Waals surface area contributed by atoms with Gasteiger partial charge in [0.25, 0.3) is 0 Å². The molecule has 2 rings (SSSR count). The summed E-state index contributed by atoms with van der Waals surface area (Å²) >= 11 is 1.99. The van der Waals surface area contributed by atoms with Gasteiger partial charge in [0.05, 0.1) is 0 Å². The summed E-state index contributed by atoms with van der Waals surface area (Å²) in [6.07, 6.45) is 5.01. The fourth-order valence-electron chi connectivity index (χ4n) is 2.25. The summed E-state index contributed by atoms with van der Waals surface area (Å²) in [4.78, 5) is 4.28. The molecule has 0 spiro atoms. The first-order chi connectivity index (χ1) is 9.36. The van der Waals surface area contributed by atoms with Crippen molar-refractivity contribution >= 4 is 22.5 Å². The van der Waals surface area contributed by atoms with Crippen LogP contribution in [0.4, 0.5) is 0 Å². The maximum absolute atomic E-state index is 4.28. The molecule has 0 aliphatic carbocycles. The maximum Gasteiger partial charge on any atom is 0.0418 e. The summed E-state index contributed by atoms with van der Waals surface area (Å²) in [5.74, 6) is 2.28. The summed E-state index contributed by atoms with van der Waals surface area (Å²) in [5, 5.41) is 6.21. The summed E-state index contributed by atoms with van der Waals surface area (Å²) < 4.78 is 0. The Morgan fingerprint density at radius 1 is 1.26 bits per heavy atom. The highest BCUT2D eigenvalue weighted by Gasteiger charge is 2.13. The van der Waals surface area contributed by atoms with E-state index >= 15 is 0 Å². The van der Waals surface area contributed by atoms with Crippen molar-refractivity contribution < 1.29 is 0 Å². The predicted octanol–water partition coefficient (Wildman–Crippen LogP) is 4.03. The SMILES string of the molecule is CCCNC(CSCC)c1cccc2ccncc12. The van der Waals surface area contributed by atoms with Gasteiger partial charge in [0.1, 0.15) is 0 Å². The van der Waals surface area contributed by atoms with Crippen molar-refractivity contribution in [1.82, 2.24) is 10.3 Å². The van der Waals surface area contributed by atoms with E-state index in [2.05, 4.69) is 48.4 Å². The van der Waals surface area contributed by atoms with Gasteiger partial charge >= 0.3 is 0 Å². The van der Waals surface area contributed by atoms with Crippen LogP contribution in [0.2, 0.25) is 0 Å². The second kappa shape index (κ2) is 7.51. The standard InChI is InChI=1S/C16H22N2S/c1-3-9-18-16(12-19-4-2)14-7-5-6-13-8-10-17-11-15(13)14/h5-8,10-11,16,18H,3-4,9,12H2,1-2H3. The summed E-state index contributed by atoms with van der Waals surface area (Å²) in [6, 6.07) is 9.04. The zero-order valence-electron chi connectivity index (χ0n) is 11.7. The molecule has 0 bridgehead atoms. The van der Waals surface area contributed by atoms with Crippen LogP contribution < -0.4 is 5.32 Å². The highest BCUT2D eigenvalue weighted by Crippen LogP contribution is 2.26. The molecule has 0 aliphatic heterocycles. The Labute approximate surface area is 120 Å². The number of benzene rings is 1. The van der Waals surface area contributed by atoms with Crippen molar-refractivity contribution in [3.05, 3.63) is 42.2 Å². The molecule has 0 fully saturated rings. The Hall–Kier alpha value is -1.06. The third-order valence-corrected chi connectivity index (χ3v) is 4.20. The molecule has 102 valence electrons. The van der Waals surface area contributed by atoms with Crippen LogP contribution in [0.1, 0.15) is 31.9 Å². The van der Waals surface area contributed by atoms with Crippen molar-refractivity contribution in [3.63, 3.8) is 0 Å². The minimum atomic E-state index is 0.415. The molecule has 0 amide bonds. The molecule has 1 heterocycles. The first-order valence-corrected chi connectivity index (χ1v) is 8.16. The van der Waals surface area contributed by atoms with Gasteiger partial charge in [0.15, 0.2) is 0 Å². The second-order valence-electron chi connectivity index (χ2n) is 4.61. The number of nitrogens with one attached hydrogen (secondary N) is 1. The Bertz CT molecular complexity index is 500. The van der Waals surface area contributed by atoms with Crippen molar-refractivity contribution in [3.8, 4) is 0 Å². The third-order valence-electron chi connectivity index (χ3n) is 3.22. The van der Waals surface area contributed by atoms with E-state index in [4.69, 9.17) is 0 Å². The van der Waals surface area contributed by atoms with Crippen molar-refractivity contribution in [1.29, 1.82) is 0 Å². The van der Waals surface area contributed by atoms with Gasteiger partial charge in [0, 0.05) is 29.6 Å². The molecule has 1 unspecified atom stereocenters. The number of rotatable bonds is 7. The molecule has 0 saturated carbocycles. The lowest BCUT2D eigenvalue weighted by Gasteiger charge is -2.20. The van der Waals surface area contributed by atoms with E-state index in [9.17, 15) is 0 Å². The van der Waals surface area contributed by atoms with Crippen LogP contribution in [0.3, 0.4) is 0 Å². The zero-order chi connectivity index (χ0) is 13.5. The average Bonchev–Trinajstić information content (AvgIpc) is 2.47. The molecule has 0 saturated heterocycles. The largest absolute Gasteiger partial charge is 0.309 e. The van der Waals surface area contributed by atoms with Gasteiger partial charge in [-0.2, -0.15) is 11.8 Å². The van der Waals surface area contributed by atoms with E-state index in [1.807, 2.05) is 24.2 Å². The zero-order valence-corrected chi connectivity index (χ0v) is 12.5. The number of pyridine rings is 1. The average molecular weight is 274 g/mol. The number of fused-ring (bicyclic) bond motifs is 1. The van der Waals surface area contributed by atoms with Gasteiger partial charge in [0.2, 0.25) is 0 Å². The van der Waals surface area contributed by atoms with Crippen molar-refractivity contribution in [2.45, 2.75) is 26.3 Å². The highest BCUT2D eigenvalue weighted by atomic mass is 32.2. The fraction of sp³-hybridized carbons (Fsp3) is 0.438. The first-order valence-electron chi connectivity index (χ1n) is 7.00. The number of nitrogens with zero attached hydrogens (tertiary/aromatic N) is 1. The topological polar surface area (TPSA) is 24.9 Å². The van der Waals surface area contributed by atoms with Crippen LogP contribution in [-0.2, 0) is 0 Å². The van der Waals surface area contributed by atoms with Gasteiger partial charge in [-0.1, -0.05) is 32.0 Å². The maximum atomic E-state index is 4.28.